The minimum Gasteiger partial charge on any atom is -0.394 e. The van der Waals surface area contributed by atoms with Crippen LogP contribution in [0.1, 0.15) is 51.9 Å². The summed E-state index contributed by atoms with van der Waals surface area (Å²) in [5.74, 6) is 0. The molecule has 0 aliphatic carbocycles. The SMILES string of the molecule is C/C=C/CCCCCCCCO[C@@H]1CO[C@@H](CO)[C@H](O)[C@H]1O. The summed E-state index contributed by atoms with van der Waals surface area (Å²) in [5.41, 5.74) is 0. The van der Waals surface area contributed by atoms with E-state index in [0.717, 1.165) is 12.8 Å². The maximum Gasteiger partial charge on any atom is 0.111 e. The Kier molecular flexibility index (Phi) is 10.7. The molecule has 4 atom stereocenters. The Bertz CT molecular complexity index is 295. The molecule has 130 valence electrons. The third-order valence-corrected chi connectivity index (χ3v) is 4.10. The van der Waals surface area contributed by atoms with Crippen molar-refractivity contribution in [2.75, 3.05) is 19.8 Å². The van der Waals surface area contributed by atoms with Gasteiger partial charge < -0.3 is 24.8 Å². The lowest BCUT2D eigenvalue weighted by atomic mass is 10.0. The first-order valence-corrected chi connectivity index (χ1v) is 8.52. The third-order valence-electron chi connectivity index (χ3n) is 4.10. The second kappa shape index (κ2) is 12.0. The van der Waals surface area contributed by atoms with Crippen LogP contribution in [0, 0.1) is 0 Å². The molecule has 3 N–H and O–H groups in total. The fourth-order valence-corrected chi connectivity index (χ4v) is 2.64. The lowest BCUT2D eigenvalue weighted by molar-refractivity contribution is -0.208. The van der Waals surface area contributed by atoms with Crippen LogP contribution in [-0.2, 0) is 9.47 Å². The molecule has 0 saturated carbocycles. The van der Waals surface area contributed by atoms with E-state index in [-0.39, 0.29) is 13.2 Å². The quantitative estimate of drug-likeness (QED) is 0.400. The number of allylic oxidation sites excluding steroid dienone is 2. The van der Waals surface area contributed by atoms with E-state index in [2.05, 4.69) is 19.1 Å². The Hall–Kier alpha value is -0.460. The van der Waals surface area contributed by atoms with E-state index in [1.807, 2.05) is 0 Å². The van der Waals surface area contributed by atoms with Crippen LogP contribution in [0.15, 0.2) is 12.2 Å². The summed E-state index contributed by atoms with van der Waals surface area (Å²) in [4.78, 5) is 0. The number of ether oxygens (including phenoxy) is 2. The molecule has 1 saturated heterocycles. The first-order valence-electron chi connectivity index (χ1n) is 8.52. The van der Waals surface area contributed by atoms with Gasteiger partial charge in [-0.25, -0.2) is 0 Å². The summed E-state index contributed by atoms with van der Waals surface area (Å²) in [6, 6.07) is 0. The van der Waals surface area contributed by atoms with Crippen LogP contribution < -0.4 is 0 Å². The molecule has 1 rings (SSSR count). The van der Waals surface area contributed by atoms with Crippen LogP contribution in [-0.4, -0.2) is 59.6 Å². The van der Waals surface area contributed by atoms with Crippen molar-refractivity contribution in [1.29, 1.82) is 0 Å². The molecule has 1 heterocycles. The molecule has 1 fully saturated rings. The van der Waals surface area contributed by atoms with Gasteiger partial charge in [0, 0.05) is 6.61 Å². The van der Waals surface area contributed by atoms with Crippen molar-refractivity contribution in [3.8, 4) is 0 Å². The highest BCUT2D eigenvalue weighted by Gasteiger charge is 2.38. The van der Waals surface area contributed by atoms with E-state index in [1.165, 1.54) is 32.1 Å². The van der Waals surface area contributed by atoms with Crippen LogP contribution in [0.3, 0.4) is 0 Å². The fourth-order valence-electron chi connectivity index (χ4n) is 2.64. The van der Waals surface area contributed by atoms with Gasteiger partial charge in [-0.3, -0.25) is 0 Å². The highest BCUT2D eigenvalue weighted by atomic mass is 16.6. The molecule has 5 heteroatoms. The molecular formula is C17H32O5. The van der Waals surface area contributed by atoms with E-state index in [1.54, 1.807) is 0 Å². The number of rotatable bonds is 11. The van der Waals surface area contributed by atoms with Crippen molar-refractivity contribution in [1.82, 2.24) is 0 Å². The molecule has 22 heavy (non-hydrogen) atoms. The Labute approximate surface area is 133 Å². The number of hydrogen-bond donors (Lipinski definition) is 3. The zero-order chi connectivity index (χ0) is 16.2. The van der Waals surface area contributed by atoms with Crippen LogP contribution in [0.5, 0.6) is 0 Å². The van der Waals surface area contributed by atoms with Crippen LogP contribution in [0.25, 0.3) is 0 Å². The molecule has 0 radical (unpaired) electrons. The van der Waals surface area contributed by atoms with Crippen LogP contribution in [0.4, 0.5) is 0 Å². The molecule has 0 aromatic carbocycles. The summed E-state index contributed by atoms with van der Waals surface area (Å²) < 4.78 is 10.9. The summed E-state index contributed by atoms with van der Waals surface area (Å²) in [7, 11) is 0. The minimum atomic E-state index is -1.08. The van der Waals surface area contributed by atoms with Gasteiger partial charge in [0.1, 0.15) is 24.4 Å². The molecule has 1 aliphatic heterocycles. The third kappa shape index (κ3) is 7.20. The first kappa shape index (κ1) is 19.6. The summed E-state index contributed by atoms with van der Waals surface area (Å²) in [6.45, 7) is 2.55. The standard InChI is InChI=1S/C17H32O5/c1-2-3-4-5-6-7-8-9-10-11-21-15-13-22-14(12-18)16(19)17(15)20/h2-3,14-20H,4-13H2,1H3/b3-2+/t14-,15+,16-,17-/m0/s1. The summed E-state index contributed by atoms with van der Waals surface area (Å²) in [6.07, 6.45) is 9.27. The van der Waals surface area contributed by atoms with E-state index in [0.29, 0.717) is 6.61 Å². The van der Waals surface area contributed by atoms with Gasteiger partial charge >= 0.3 is 0 Å². The summed E-state index contributed by atoms with van der Waals surface area (Å²) >= 11 is 0. The van der Waals surface area contributed by atoms with E-state index in [4.69, 9.17) is 14.6 Å². The number of aliphatic hydroxyl groups excluding tert-OH is 3. The molecule has 5 nitrogen and oxygen atoms in total. The van der Waals surface area contributed by atoms with Crippen molar-refractivity contribution >= 4 is 0 Å². The average Bonchev–Trinajstić information content (AvgIpc) is 2.53. The lowest BCUT2D eigenvalue weighted by Gasteiger charge is -2.36. The van der Waals surface area contributed by atoms with Gasteiger partial charge in [0.15, 0.2) is 0 Å². The highest BCUT2D eigenvalue weighted by Crippen LogP contribution is 2.18. The molecule has 0 aromatic heterocycles. The largest absolute Gasteiger partial charge is 0.394 e. The molecule has 0 aromatic rings. The van der Waals surface area contributed by atoms with E-state index in [9.17, 15) is 10.2 Å². The predicted octanol–water partition coefficient (Wildman–Crippen LogP) is 1.79. The lowest BCUT2D eigenvalue weighted by Crippen LogP contribution is -2.55. The minimum absolute atomic E-state index is 0.217. The van der Waals surface area contributed by atoms with Crippen molar-refractivity contribution in [3.05, 3.63) is 12.2 Å². The second-order valence-corrected chi connectivity index (χ2v) is 5.92. The van der Waals surface area contributed by atoms with Crippen LogP contribution in [0.2, 0.25) is 0 Å². The molecule has 0 bridgehead atoms. The predicted molar refractivity (Wildman–Crippen MR) is 85.7 cm³/mol. The average molecular weight is 316 g/mol. The van der Waals surface area contributed by atoms with Gasteiger partial charge in [0.05, 0.1) is 13.2 Å². The van der Waals surface area contributed by atoms with Crippen molar-refractivity contribution in [2.45, 2.75) is 76.3 Å². The van der Waals surface area contributed by atoms with E-state index >= 15 is 0 Å². The highest BCUT2D eigenvalue weighted by molar-refractivity contribution is 4.87. The zero-order valence-corrected chi connectivity index (χ0v) is 13.7. The Morgan fingerprint density at radius 3 is 2.41 bits per heavy atom. The van der Waals surface area contributed by atoms with E-state index < -0.39 is 24.4 Å². The van der Waals surface area contributed by atoms with Crippen molar-refractivity contribution in [3.63, 3.8) is 0 Å². The Morgan fingerprint density at radius 1 is 1.05 bits per heavy atom. The molecule has 0 amide bonds. The fraction of sp³-hybridized carbons (Fsp3) is 0.882. The summed E-state index contributed by atoms with van der Waals surface area (Å²) in [5, 5.41) is 28.6. The van der Waals surface area contributed by atoms with Gasteiger partial charge in [-0.15, -0.1) is 0 Å². The van der Waals surface area contributed by atoms with Gasteiger partial charge in [-0.2, -0.15) is 0 Å². The first-order chi connectivity index (χ1) is 10.7. The Balaban J connectivity index is 1.98. The maximum absolute atomic E-state index is 9.91. The van der Waals surface area contributed by atoms with Gasteiger partial charge in [-0.1, -0.05) is 37.8 Å². The smallest absolute Gasteiger partial charge is 0.111 e. The maximum atomic E-state index is 9.91. The van der Waals surface area contributed by atoms with Gasteiger partial charge in [-0.05, 0) is 26.2 Å². The van der Waals surface area contributed by atoms with Crippen molar-refractivity contribution in [2.24, 2.45) is 0 Å². The number of hydrogen-bond acceptors (Lipinski definition) is 5. The Morgan fingerprint density at radius 2 is 1.73 bits per heavy atom. The second-order valence-electron chi connectivity index (χ2n) is 5.92. The van der Waals surface area contributed by atoms with Gasteiger partial charge in [0.25, 0.3) is 0 Å². The molecule has 0 spiro atoms. The van der Waals surface area contributed by atoms with Crippen molar-refractivity contribution < 1.29 is 24.8 Å². The molecular weight excluding hydrogens is 284 g/mol. The number of aliphatic hydroxyl groups is 3. The van der Waals surface area contributed by atoms with Crippen LogP contribution >= 0.6 is 0 Å². The zero-order valence-electron chi connectivity index (χ0n) is 13.7. The normalized spacial score (nSPS) is 29.3. The number of unbranched alkanes of at least 4 members (excludes halogenated alkanes) is 6. The van der Waals surface area contributed by atoms with Gasteiger partial charge in [0.2, 0.25) is 0 Å². The monoisotopic (exact) mass is 316 g/mol. The topological polar surface area (TPSA) is 79.2 Å². The molecule has 0 unspecified atom stereocenters. The molecule has 1 aliphatic rings.